The standard InChI is InChI=1S/C15H23N3O4S/c1-4-23(20,21)17-10-18(14(16)19)12-5-6-13-11(9-12)7-8-15(2,3)22-13/h5-6,9,17H,4,7-8,10H2,1-3H3,(H2,16,19). The van der Waals surface area contributed by atoms with E-state index in [1.54, 1.807) is 12.1 Å². The van der Waals surface area contributed by atoms with E-state index in [9.17, 15) is 13.2 Å². The van der Waals surface area contributed by atoms with Crippen molar-refractivity contribution < 1.29 is 17.9 Å². The molecule has 2 rings (SSSR count). The summed E-state index contributed by atoms with van der Waals surface area (Å²) in [5.74, 6) is 0.718. The highest BCUT2D eigenvalue weighted by molar-refractivity contribution is 7.89. The van der Waals surface area contributed by atoms with Gasteiger partial charge in [-0.05, 0) is 57.4 Å². The van der Waals surface area contributed by atoms with Gasteiger partial charge in [0.25, 0.3) is 0 Å². The van der Waals surface area contributed by atoms with E-state index in [0.717, 1.165) is 24.2 Å². The summed E-state index contributed by atoms with van der Waals surface area (Å²) in [5, 5.41) is 0. The molecule has 0 saturated heterocycles. The van der Waals surface area contributed by atoms with Crippen molar-refractivity contribution in [3.8, 4) is 5.75 Å². The molecule has 0 fully saturated rings. The smallest absolute Gasteiger partial charge is 0.320 e. The topological polar surface area (TPSA) is 102 Å². The molecule has 1 aliphatic rings. The number of hydrogen-bond donors (Lipinski definition) is 2. The van der Waals surface area contributed by atoms with Gasteiger partial charge < -0.3 is 10.5 Å². The lowest BCUT2D eigenvalue weighted by molar-refractivity contribution is 0.0847. The minimum atomic E-state index is -3.41. The van der Waals surface area contributed by atoms with Crippen LogP contribution in [-0.4, -0.2) is 32.5 Å². The molecule has 23 heavy (non-hydrogen) atoms. The molecule has 0 radical (unpaired) electrons. The summed E-state index contributed by atoms with van der Waals surface area (Å²) in [5.41, 5.74) is 6.68. The first kappa shape index (κ1) is 17.6. The fourth-order valence-corrected chi connectivity index (χ4v) is 2.90. The average Bonchev–Trinajstić information content (AvgIpc) is 2.46. The first-order chi connectivity index (χ1) is 10.6. The third-order valence-corrected chi connectivity index (χ3v) is 5.16. The van der Waals surface area contributed by atoms with Gasteiger partial charge in [0.1, 0.15) is 11.4 Å². The second-order valence-electron chi connectivity index (χ2n) is 6.13. The summed E-state index contributed by atoms with van der Waals surface area (Å²) in [7, 11) is -3.41. The number of fused-ring (bicyclic) bond motifs is 1. The Labute approximate surface area is 136 Å². The molecule has 3 N–H and O–H groups in total. The van der Waals surface area contributed by atoms with Crippen LogP contribution in [-0.2, 0) is 16.4 Å². The van der Waals surface area contributed by atoms with Crippen molar-refractivity contribution in [1.82, 2.24) is 4.72 Å². The molecule has 1 aromatic carbocycles. The van der Waals surface area contributed by atoms with E-state index in [-0.39, 0.29) is 18.0 Å². The molecule has 0 unspecified atom stereocenters. The van der Waals surface area contributed by atoms with Crippen LogP contribution in [0.3, 0.4) is 0 Å². The molecule has 0 spiro atoms. The molecule has 0 bridgehead atoms. The van der Waals surface area contributed by atoms with Crippen LogP contribution in [0.25, 0.3) is 0 Å². The number of nitrogens with one attached hydrogen (secondary N) is 1. The zero-order valence-electron chi connectivity index (χ0n) is 13.6. The van der Waals surface area contributed by atoms with Gasteiger partial charge in [-0.3, -0.25) is 4.90 Å². The van der Waals surface area contributed by atoms with Crippen LogP contribution in [0.2, 0.25) is 0 Å². The van der Waals surface area contributed by atoms with Gasteiger partial charge in [0.2, 0.25) is 10.0 Å². The quantitative estimate of drug-likeness (QED) is 0.794. The van der Waals surface area contributed by atoms with Gasteiger partial charge in [-0.15, -0.1) is 0 Å². The highest BCUT2D eigenvalue weighted by Crippen LogP contribution is 2.35. The molecule has 128 valence electrons. The number of hydrogen-bond acceptors (Lipinski definition) is 4. The van der Waals surface area contributed by atoms with E-state index in [1.165, 1.54) is 11.8 Å². The van der Waals surface area contributed by atoms with E-state index < -0.39 is 16.1 Å². The molecule has 8 heteroatoms. The van der Waals surface area contributed by atoms with Crippen LogP contribution < -0.4 is 20.1 Å². The number of rotatable bonds is 5. The molecule has 1 heterocycles. The minimum absolute atomic E-state index is 0.0628. The molecule has 1 aromatic rings. The van der Waals surface area contributed by atoms with E-state index >= 15 is 0 Å². The van der Waals surface area contributed by atoms with Crippen molar-refractivity contribution in [2.24, 2.45) is 5.73 Å². The van der Waals surface area contributed by atoms with Gasteiger partial charge in [0.05, 0.1) is 12.4 Å². The molecule has 1 aliphatic heterocycles. The van der Waals surface area contributed by atoms with E-state index in [4.69, 9.17) is 10.5 Å². The van der Waals surface area contributed by atoms with Crippen LogP contribution in [0.4, 0.5) is 10.5 Å². The number of primary amides is 1. The predicted molar refractivity (Wildman–Crippen MR) is 89.0 cm³/mol. The number of carbonyl (C=O) groups excluding carboxylic acids is 1. The van der Waals surface area contributed by atoms with Crippen LogP contribution >= 0.6 is 0 Å². The largest absolute Gasteiger partial charge is 0.488 e. The number of amides is 2. The first-order valence-corrected chi connectivity index (χ1v) is 9.15. The van der Waals surface area contributed by atoms with Crippen LogP contribution in [0.1, 0.15) is 32.8 Å². The Hall–Kier alpha value is -1.80. The molecular formula is C15H23N3O4S. The Bertz CT molecular complexity index is 701. The van der Waals surface area contributed by atoms with Crippen LogP contribution in [0.5, 0.6) is 5.75 Å². The predicted octanol–water partition coefficient (Wildman–Crippen LogP) is 1.57. The molecule has 0 atom stereocenters. The number of sulfonamides is 1. The monoisotopic (exact) mass is 341 g/mol. The van der Waals surface area contributed by atoms with Gasteiger partial charge in [-0.25, -0.2) is 13.2 Å². The maximum Gasteiger partial charge on any atom is 0.320 e. The highest BCUT2D eigenvalue weighted by Gasteiger charge is 2.27. The SMILES string of the molecule is CCS(=O)(=O)NCN(C(N)=O)c1ccc2c(c1)CCC(C)(C)O2. The van der Waals surface area contributed by atoms with Crippen molar-refractivity contribution in [3.05, 3.63) is 23.8 Å². The van der Waals surface area contributed by atoms with Gasteiger partial charge >= 0.3 is 6.03 Å². The number of anilines is 1. The lowest BCUT2D eigenvalue weighted by Gasteiger charge is -2.33. The fraction of sp³-hybridized carbons (Fsp3) is 0.533. The van der Waals surface area contributed by atoms with Crippen molar-refractivity contribution >= 4 is 21.7 Å². The third-order valence-electron chi connectivity index (χ3n) is 3.83. The number of ether oxygens (including phenoxy) is 1. The molecular weight excluding hydrogens is 318 g/mol. The zero-order valence-corrected chi connectivity index (χ0v) is 14.4. The number of urea groups is 1. The van der Waals surface area contributed by atoms with Crippen molar-refractivity contribution in [1.29, 1.82) is 0 Å². The highest BCUT2D eigenvalue weighted by atomic mass is 32.2. The maximum absolute atomic E-state index is 11.7. The normalized spacial score (nSPS) is 16.3. The van der Waals surface area contributed by atoms with Gasteiger partial charge in [-0.2, -0.15) is 4.72 Å². The number of nitrogens with two attached hydrogens (primary N) is 1. The number of nitrogens with zero attached hydrogens (tertiary/aromatic N) is 1. The van der Waals surface area contributed by atoms with Gasteiger partial charge in [0.15, 0.2) is 0 Å². The summed E-state index contributed by atoms with van der Waals surface area (Å²) in [6.07, 6.45) is 1.69. The molecule has 0 aromatic heterocycles. The Morgan fingerprint density at radius 2 is 2.13 bits per heavy atom. The molecule has 2 amide bonds. The average molecular weight is 341 g/mol. The maximum atomic E-state index is 11.7. The lowest BCUT2D eigenvalue weighted by atomic mass is 9.94. The first-order valence-electron chi connectivity index (χ1n) is 7.50. The Morgan fingerprint density at radius 3 is 2.74 bits per heavy atom. The molecule has 7 nitrogen and oxygen atoms in total. The second kappa shape index (κ2) is 6.37. The van der Waals surface area contributed by atoms with Crippen molar-refractivity contribution in [2.45, 2.75) is 39.2 Å². The summed E-state index contributed by atoms with van der Waals surface area (Å²) in [4.78, 5) is 12.8. The Balaban J connectivity index is 2.23. The summed E-state index contributed by atoms with van der Waals surface area (Å²) >= 11 is 0. The molecule has 0 aliphatic carbocycles. The van der Waals surface area contributed by atoms with Crippen molar-refractivity contribution in [2.75, 3.05) is 17.3 Å². The van der Waals surface area contributed by atoms with Gasteiger partial charge in [0, 0.05) is 5.69 Å². The number of benzene rings is 1. The third kappa shape index (κ3) is 4.35. The Morgan fingerprint density at radius 1 is 1.43 bits per heavy atom. The second-order valence-corrected chi connectivity index (χ2v) is 8.22. The number of carbonyl (C=O) groups is 1. The summed E-state index contributed by atoms with van der Waals surface area (Å²) in [6.45, 7) is 5.38. The summed E-state index contributed by atoms with van der Waals surface area (Å²) < 4.78 is 31.4. The van der Waals surface area contributed by atoms with Crippen LogP contribution in [0.15, 0.2) is 18.2 Å². The summed E-state index contributed by atoms with van der Waals surface area (Å²) in [6, 6.07) is 4.58. The van der Waals surface area contributed by atoms with Gasteiger partial charge in [-0.1, -0.05) is 0 Å². The fourth-order valence-electron chi connectivity index (χ4n) is 2.37. The minimum Gasteiger partial charge on any atom is -0.488 e. The van der Waals surface area contributed by atoms with E-state index in [1.807, 2.05) is 19.9 Å². The zero-order chi connectivity index (χ0) is 17.3. The Kier molecular flexibility index (Phi) is 4.86. The van der Waals surface area contributed by atoms with E-state index in [2.05, 4.69) is 4.72 Å². The molecule has 0 saturated carbocycles. The van der Waals surface area contributed by atoms with Crippen LogP contribution in [0, 0.1) is 0 Å². The van der Waals surface area contributed by atoms with Crippen molar-refractivity contribution in [3.63, 3.8) is 0 Å². The van der Waals surface area contributed by atoms with E-state index in [0.29, 0.717) is 5.69 Å². The number of aryl methyl sites for hydroxylation is 1. The lowest BCUT2D eigenvalue weighted by Crippen LogP contribution is -2.44.